The molecule has 1 heterocycles. The van der Waals surface area contributed by atoms with Crippen molar-refractivity contribution in [2.24, 2.45) is 5.41 Å². The number of carbonyl (C=O) groups is 1. The highest BCUT2D eigenvalue weighted by atomic mass is 32.1. The molecule has 0 aliphatic rings. The molecular formula is C8H10N4OS. The zero-order valence-corrected chi connectivity index (χ0v) is 8.76. The van der Waals surface area contributed by atoms with Crippen molar-refractivity contribution in [2.45, 2.75) is 20.3 Å². The fourth-order valence-electron chi connectivity index (χ4n) is 0.762. The van der Waals surface area contributed by atoms with E-state index in [0.717, 1.165) is 11.5 Å². The second-order valence-corrected chi connectivity index (χ2v) is 3.82. The van der Waals surface area contributed by atoms with Crippen molar-refractivity contribution in [1.29, 1.82) is 5.26 Å². The van der Waals surface area contributed by atoms with Crippen LogP contribution in [0.1, 0.15) is 20.3 Å². The van der Waals surface area contributed by atoms with Crippen molar-refractivity contribution in [1.82, 2.24) is 9.59 Å². The van der Waals surface area contributed by atoms with Gasteiger partial charge in [-0.05, 0) is 13.3 Å². The number of hydrogen-bond acceptors (Lipinski definition) is 5. The molecule has 14 heavy (non-hydrogen) atoms. The number of nitriles is 1. The largest absolute Gasteiger partial charge is 0.314 e. The zero-order chi connectivity index (χ0) is 10.6. The number of aromatic nitrogens is 2. The van der Waals surface area contributed by atoms with Crippen LogP contribution in [0.5, 0.6) is 0 Å². The second kappa shape index (κ2) is 4.15. The number of amides is 1. The lowest BCUT2D eigenvalue weighted by molar-refractivity contribution is -0.122. The molecule has 0 bridgehead atoms. The minimum Gasteiger partial charge on any atom is -0.314 e. The summed E-state index contributed by atoms with van der Waals surface area (Å²) in [5.74, 6) is -0.312. The quantitative estimate of drug-likeness (QED) is 0.818. The molecule has 0 saturated heterocycles. The fraction of sp³-hybridized carbons (Fsp3) is 0.500. The topological polar surface area (TPSA) is 78.7 Å². The average Bonchev–Trinajstić information content (AvgIpc) is 2.69. The maximum absolute atomic E-state index is 11.6. The molecule has 74 valence electrons. The molecule has 1 rings (SSSR count). The Morgan fingerprint density at radius 3 is 3.00 bits per heavy atom. The van der Waals surface area contributed by atoms with Crippen molar-refractivity contribution in [3.8, 4) is 6.07 Å². The molecule has 1 aromatic rings. The van der Waals surface area contributed by atoms with Crippen LogP contribution in [0.4, 0.5) is 5.00 Å². The molecule has 1 atom stereocenters. The molecule has 0 saturated carbocycles. The number of nitrogens with zero attached hydrogens (tertiary/aromatic N) is 3. The number of hydrogen-bond donors (Lipinski definition) is 1. The molecule has 1 aromatic heterocycles. The Hall–Kier alpha value is -1.48. The molecule has 0 aliphatic heterocycles. The van der Waals surface area contributed by atoms with Crippen LogP contribution >= 0.6 is 11.5 Å². The van der Waals surface area contributed by atoms with Gasteiger partial charge in [0.15, 0.2) is 0 Å². The Balaban J connectivity index is 2.72. The summed E-state index contributed by atoms with van der Waals surface area (Å²) in [5, 5.41) is 15.6. The van der Waals surface area contributed by atoms with Gasteiger partial charge < -0.3 is 5.32 Å². The lowest BCUT2D eigenvalue weighted by Crippen LogP contribution is -2.31. The van der Waals surface area contributed by atoms with E-state index >= 15 is 0 Å². The van der Waals surface area contributed by atoms with Gasteiger partial charge in [0, 0.05) is 11.5 Å². The van der Waals surface area contributed by atoms with Gasteiger partial charge >= 0.3 is 0 Å². The predicted molar refractivity (Wildman–Crippen MR) is 52.5 cm³/mol. The molecule has 0 spiro atoms. The highest BCUT2D eigenvalue weighted by molar-refractivity contribution is 7.10. The van der Waals surface area contributed by atoms with Crippen molar-refractivity contribution in [3.05, 3.63) is 6.20 Å². The van der Waals surface area contributed by atoms with Crippen molar-refractivity contribution in [3.63, 3.8) is 0 Å². The highest BCUT2D eigenvalue weighted by Crippen LogP contribution is 2.22. The van der Waals surface area contributed by atoms with Crippen LogP contribution in [0.3, 0.4) is 0 Å². The van der Waals surface area contributed by atoms with E-state index in [4.69, 9.17) is 5.26 Å². The summed E-state index contributed by atoms with van der Waals surface area (Å²) in [6, 6.07) is 1.99. The molecule has 0 fully saturated rings. The molecule has 5 nitrogen and oxygen atoms in total. The summed E-state index contributed by atoms with van der Waals surface area (Å²) in [5.41, 5.74) is -0.982. The van der Waals surface area contributed by atoms with Crippen molar-refractivity contribution >= 4 is 22.4 Å². The number of carbonyl (C=O) groups excluding carboxylic acids is 1. The van der Waals surface area contributed by atoms with Gasteiger partial charge in [-0.3, -0.25) is 4.79 Å². The van der Waals surface area contributed by atoms with Crippen LogP contribution < -0.4 is 5.32 Å². The third kappa shape index (κ3) is 2.06. The Kier molecular flexibility index (Phi) is 3.14. The SMILES string of the molecule is CCC(C)(C#N)C(=O)Nc1cnns1. The van der Waals surface area contributed by atoms with E-state index < -0.39 is 5.41 Å². The van der Waals surface area contributed by atoms with Gasteiger partial charge in [-0.2, -0.15) is 5.26 Å². The maximum Gasteiger partial charge on any atom is 0.245 e. The van der Waals surface area contributed by atoms with Crippen molar-refractivity contribution in [2.75, 3.05) is 5.32 Å². The Bertz CT molecular complexity index is 356. The Morgan fingerprint density at radius 2 is 2.57 bits per heavy atom. The smallest absolute Gasteiger partial charge is 0.245 e. The highest BCUT2D eigenvalue weighted by Gasteiger charge is 2.31. The average molecular weight is 210 g/mol. The van der Waals surface area contributed by atoms with E-state index in [1.165, 1.54) is 6.20 Å². The van der Waals surface area contributed by atoms with Gasteiger partial charge in [-0.15, -0.1) is 5.10 Å². The summed E-state index contributed by atoms with van der Waals surface area (Å²) in [7, 11) is 0. The maximum atomic E-state index is 11.6. The summed E-state index contributed by atoms with van der Waals surface area (Å²) in [4.78, 5) is 11.6. The molecule has 1 N–H and O–H groups in total. The minimum absolute atomic E-state index is 0.312. The third-order valence-corrected chi connectivity index (χ3v) is 2.63. The standard InChI is InChI=1S/C8H10N4OS/c1-3-8(2,5-9)7(13)11-6-4-10-12-14-6/h4H,3H2,1-2H3,(H,11,13). The second-order valence-electron chi connectivity index (χ2n) is 3.03. The van der Waals surface area contributed by atoms with E-state index in [0.29, 0.717) is 11.4 Å². The van der Waals surface area contributed by atoms with E-state index in [1.807, 2.05) is 6.07 Å². The van der Waals surface area contributed by atoms with Gasteiger partial charge in [0.1, 0.15) is 10.4 Å². The molecule has 0 aliphatic carbocycles. The van der Waals surface area contributed by atoms with Crippen LogP contribution in [-0.2, 0) is 4.79 Å². The van der Waals surface area contributed by atoms with Crippen molar-refractivity contribution < 1.29 is 4.79 Å². The minimum atomic E-state index is -0.982. The molecule has 1 amide bonds. The third-order valence-electron chi connectivity index (χ3n) is 2.05. The van der Waals surface area contributed by atoms with Crippen LogP contribution in [-0.4, -0.2) is 15.5 Å². The monoisotopic (exact) mass is 210 g/mol. The first-order chi connectivity index (χ1) is 6.62. The first-order valence-corrected chi connectivity index (χ1v) is 4.90. The summed E-state index contributed by atoms with van der Waals surface area (Å²) < 4.78 is 3.60. The summed E-state index contributed by atoms with van der Waals surface area (Å²) in [6.45, 7) is 3.41. The van der Waals surface area contributed by atoms with Crippen LogP contribution in [0.15, 0.2) is 6.20 Å². The van der Waals surface area contributed by atoms with Gasteiger partial charge in [0.2, 0.25) is 5.91 Å². The first kappa shape index (κ1) is 10.6. The van der Waals surface area contributed by atoms with Crippen LogP contribution in [0, 0.1) is 16.7 Å². The Morgan fingerprint density at radius 1 is 1.86 bits per heavy atom. The molecule has 0 radical (unpaired) electrons. The lowest BCUT2D eigenvalue weighted by atomic mass is 9.88. The summed E-state index contributed by atoms with van der Waals surface area (Å²) >= 11 is 1.09. The van der Waals surface area contributed by atoms with E-state index in [-0.39, 0.29) is 5.91 Å². The van der Waals surface area contributed by atoms with Gasteiger partial charge in [0.25, 0.3) is 0 Å². The molecule has 6 heteroatoms. The number of rotatable bonds is 3. The summed E-state index contributed by atoms with van der Waals surface area (Å²) in [6.07, 6.45) is 1.93. The van der Waals surface area contributed by atoms with E-state index in [1.54, 1.807) is 13.8 Å². The van der Waals surface area contributed by atoms with Crippen LogP contribution in [0.2, 0.25) is 0 Å². The molecule has 0 aromatic carbocycles. The number of anilines is 1. The van der Waals surface area contributed by atoms with Gasteiger partial charge in [0.05, 0.1) is 12.3 Å². The zero-order valence-electron chi connectivity index (χ0n) is 7.94. The van der Waals surface area contributed by atoms with Crippen LogP contribution in [0.25, 0.3) is 0 Å². The van der Waals surface area contributed by atoms with Gasteiger partial charge in [-0.1, -0.05) is 11.4 Å². The first-order valence-electron chi connectivity index (χ1n) is 4.12. The lowest BCUT2D eigenvalue weighted by Gasteiger charge is -2.17. The van der Waals surface area contributed by atoms with Gasteiger partial charge in [-0.25, -0.2) is 0 Å². The Labute approximate surface area is 85.9 Å². The van der Waals surface area contributed by atoms with E-state index in [9.17, 15) is 4.79 Å². The number of nitrogens with one attached hydrogen (secondary N) is 1. The van der Waals surface area contributed by atoms with E-state index in [2.05, 4.69) is 14.9 Å². The predicted octanol–water partition coefficient (Wildman–Crippen LogP) is 1.42. The molecule has 1 unspecified atom stereocenters. The molecular weight excluding hydrogens is 200 g/mol. The fourth-order valence-corrected chi connectivity index (χ4v) is 1.18. The normalized spacial score (nSPS) is 14.1.